The molecule has 0 aliphatic carbocycles. The molecule has 0 saturated carbocycles. The van der Waals surface area contributed by atoms with Crippen LogP contribution < -0.4 is 10.2 Å². The molecule has 1 saturated heterocycles. The third kappa shape index (κ3) is 4.10. The van der Waals surface area contributed by atoms with Gasteiger partial charge in [-0.15, -0.1) is 0 Å². The van der Waals surface area contributed by atoms with Crippen LogP contribution in [0.4, 0.5) is 5.69 Å². The Balaban J connectivity index is 1.56. The minimum absolute atomic E-state index is 0.119. The molecule has 3 rings (SSSR count). The summed E-state index contributed by atoms with van der Waals surface area (Å²) in [6, 6.07) is 15.7. The number of halogens is 1. The van der Waals surface area contributed by atoms with Crippen LogP contribution in [0.1, 0.15) is 17.5 Å². The van der Waals surface area contributed by atoms with Gasteiger partial charge < -0.3 is 10.2 Å². The highest BCUT2D eigenvalue weighted by Crippen LogP contribution is 2.27. The Labute approximate surface area is 156 Å². The van der Waals surface area contributed by atoms with Gasteiger partial charge in [0.2, 0.25) is 11.8 Å². The molecule has 1 aliphatic heterocycles. The second-order valence-electron chi connectivity index (χ2n) is 6.28. The van der Waals surface area contributed by atoms with Gasteiger partial charge in [0.05, 0.1) is 0 Å². The molecule has 1 heterocycles. The maximum atomic E-state index is 12.6. The standard InChI is InChI=1S/C20H21BrN2O2/c1-14-5-2-3-6-15(14)9-11-22-19(24)18-10-12-23(20(18)25)17-8-4-7-16(21)13-17/h2-8,13,18H,9-12H2,1H3,(H,22,24). The van der Waals surface area contributed by atoms with E-state index in [4.69, 9.17) is 0 Å². The number of carbonyl (C=O) groups excluding carboxylic acids is 2. The molecule has 1 aliphatic rings. The van der Waals surface area contributed by atoms with Gasteiger partial charge in [0.25, 0.3) is 0 Å². The van der Waals surface area contributed by atoms with Gasteiger partial charge in [-0.3, -0.25) is 9.59 Å². The van der Waals surface area contributed by atoms with Gasteiger partial charge >= 0.3 is 0 Å². The number of rotatable bonds is 5. The van der Waals surface area contributed by atoms with E-state index in [-0.39, 0.29) is 11.8 Å². The van der Waals surface area contributed by atoms with Crippen LogP contribution in [0.15, 0.2) is 53.0 Å². The highest BCUT2D eigenvalue weighted by molar-refractivity contribution is 9.10. The fourth-order valence-electron chi connectivity index (χ4n) is 3.16. The van der Waals surface area contributed by atoms with Crippen molar-refractivity contribution in [3.05, 3.63) is 64.1 Å². The van der Waals surface area contributed by atoms with Crippen molar-refractivity contribution in [3.8, 4) is 0 Å². The monoisotopic (exact) mass is 400 g/mol. The number of aryl methyl sites for hydroxylation is 1. The third-order valence-electron chi connectivity index (χ3n) is 4.60. The molecule has 2 aromatic carbocycles. The lowest BCUT2D eigenvalue weighted by molar-refractivity contribution is -0.132. The Morgan fingerprint density at radius 2 is 2.04 bits per heavy atom. The average Bonchev–Trinajstić information content (AvgIpc) is 2.98. The highest BCUT2D eigenvalue weighted by Gasteiger charge is 2.37. The number of anilines is 1. The van der Waals surface area contributed by atoms with Crippen molar-refractivity contribution in [1.29, 1.82) is 0 Å². The molecule has 0 aromatic heterocycles. The molecular formula is C20H21BrN2O2. The van der Waals surface area contributed by atoms with E-state index in [0.29, 0.717) is 19.5 Å². The summed E-state index contributed by atoms with van der Waals surface area (Å²) in [4.78, 5) is 26.7. The van der Waals surface area contributed by atoms with Gasteiger partial charge in [0.15, 0.2) is 0 Å². The smallest absolute Gasteiger partial charge is 0.239 e. The molecule has 2 aromatic rings. The molecule has 1 unspecified atom stereocenters. The molecule has 0 spiro atoms. The van der Waals surface area contributed by atoms with Gasteiger partial charge in [0.1, 0.15) is 5.92 Å². The summed E-state index contributed by atoms with van der Waals surface area (Å²) in [7, 11) is 0. The summed E-state index contributed by atoms with van der Waals surface area (Å²) in [5, 5.41) is 2.92. The predicted octanol–water partition coefficient (Wildman–Crippen LogP) is 3.47. The first-order valence-electron chi connectivity index (χ1n) is 8.45. The fraction of sp³-hybridized carbons (Fsp3) is 0.300. The lowest BCUT2D eigenvalue weighted by Gasteiger charge is -2.17. The molecule has 2 amide bonds. The summed E-state index contributed by atoms with van der Waals surface area (Å²) >= 11 is 3.42. The first kappa shape index (κ1) is 17.7. The molecule has 25 heavy (non-hydrogen) atoms. The molecule has 130 valence electrons. The maximum absolute atomic E-state index is 12.6. The van der Waals surface area contributed by atoms with Gasteiger partial charge in [0, 0.05) is 23.2 Å². The largest absolute Gasteiger partial charge is 0.355 e. The summed E-state index contributed by atoms with van der Waals surface area (Å²) < 4.78 is 0.920. The number of nitrogens with zero attached hydrogens (tertiary/aromatic N) is 1. The van der Waals surface area contributed by atoms with E-state index < -0.39 is 5.92 Å². The normalized spacial score (nSPS) is 17.0. The van der Waals surface area contributed by atoms with Crippen LogP contribution in [0.25, 0.3) is 0 Å². The minimum Gasteiger partial charge on any atom is -0.355 e. The van der Waals surface area contributed by atoms with Crippen molar-refractivity contribution in [2.24, 2.45) is 5.92 Å². The van der Waals surface area contributed by atoms with Gasteiger partial charge in [-0.1, -0.05) is 46.3 Å². The average molecular weight is 401 g/mol. The Hall–Kier alpha value is -2.14. The van der Waals surface area contributed by atoms with Gasteiger partial charge in [-0.2, -0.15) is 0 Å². The van der Waals surface area contributed by atoms with Crippen LogP contribution in [0.2, 0.25) is 0 Å². The zero-order valence-electron chi connectivity index (χ0n) is 14.2. The van der Waals surface area contributed by atoms with Crippen LogP contribution in [-0.4, -0.2) is 24.9 Å². The van der Waals surface area contributed by atoms with Crippen molar-refractivity contribution in [1.82, 2.24) is 5.32 Å². The van der Waals surface area contributed by atoms with E-state index in [1.54, 1.807) is 4.90 Å². The second kappa shape index (κ2) is 7.83. The second-order valence-corrected chi connectivity index (χ2v) is 7.19. The fourth-order valence-corrected chi connectivity index (χ4v) is 3.54. The molecule has 5 heteroatoms. The third-order valence-corrected chi connectivity index (χ3v) is 5.09. The topological polar surface area (TPSA) is 49.4 Å². The number of hydrogen-bond acceptors (Lipinski definition) is 2. The number of benzene rings is 2. The molecular weight excluding hydrogens is 380 g/mol. The Bertz CT molecular complexity index is 791. The zero-order chi connectivity index (χ0) is 17.8. The van der Waals surface area contributed by atoms with Crippen LogP contribution in [0, 0.1) is 12.8 Å². The Morgan fingerprint density at radius 1 is 1.24 bits per heavy atom. The molecule has 0 bridgehead atoms. The molecule has 1 fully saturated rings. The Morgan fingerprint density at radius 3 is 2.80 bits per heavy atom. The van der Waals surface area contributed by atoms with Gasteiger partial charge in [-0.05, 0) is 49.1 Å². The summed E-state index contributed by atoms with van der Waals surface area (Å²) in [5.41, 5.74) is 3.26. The first-order chi connectivity index (χ1) is 12.1. The minimum atomic E-state index is -0.587. The lowest BCUT2D eigenvalue weighted by atomic mass is 10.1. The zero-order valence-corrected chi connectivity index (χ0v) is 15.8. The van der Waals surface area contributed by atoms with E-state index in [9.17, 15) is 9.59 Å². The maximum Gasteiger partial charge on any atom is 0.239 e. The number of carbonyl (C=O) groups is 2. The predicted molar refractivity (Wildman–Crippen MR) is 102 cm³/mol. The summed E-state index contributed by atoms with van der Waals surface area (Å²) in [6.07, 6.45) is 1.33. The summed E-state index contributed by atoms with van der Waals surface area (Å²) in [6.45, 7) is 3.18. The van der Waals surface area contributed by atoms with Crippen LogP contribution in [0.5, 0.6) is 0 Å². The van der Waals surface area contributed by atoms with Crippen LogP contribution in [-0.2, 0) is 16.0 Å². The Kier molecular flexibility index (Phi) is 5.53. The molecule has 1 atom stereocenters. The highest BCUT2D eigenvalue weighted by atomic mass is 79.9. The van der Waals surface area contributed by atoms with E-state index in [1.165, 1.54) is 11.1 Å². The van der Waals surface area contributed by atoms with Crippen molar-refractivity contribution in [2.45, 2.75) is 19.8 Å². The van der Waals surface area contributed by atoms with Crippen molar-refractivity contribution < 1.29 is 9.59 Å². The van der Waals surface area contributed by atoms with Crippen molar-refractivity contribution in [3.63, 3.8) is 0 Å². The SMILES string of the molecule is Cc1ccccc1CCNC(=O)C1CCN(c2cccc(Br)c2)C1=O. The van der Waals surface area contributed by atoms with Crippen LogP contribution in [0.3, 0.4) is 0 Å². The lowest BCUT2D eigenvalue weighted by Crippen LogP contribution is -2.37. The van der Waals surface area contributed by atoms with E-state index in [1.807, 2.05) is 36.4 Å². The van der Waals surface area contributed by atoms with Gasteiger partial charge in [-0.25, -0.2) is 0 Å². The van der Waals surface area contributed by atoms with Crippen molar-refractivity contribution >= 4 is 33.4 Å². The number of nitrogens with one attached hydrogen (secondary N) is 1. The number of amides is 2. The van der Waals surface area contributed by atoms with E-state index >= 15 is 0 Å². The van der Waals surface area contributed by atoms with E-state index in [2.05, 4.69) is 40.3 Å². The van der Waals surface area contributed by atoms with Crippen molar-refractivity contribution in [2.75, 3.05) is 18.0 Å². The molecule has 4 nitrogen and oxygen atoms in total. The number of hydrogen-bond donors (Lipinski definition) is 1. The van der Waals surface area contributed by atoms with Crippen LogP contribution >= 0.6 is 15.9 Å². The summed E-state index contributed by atoms with van der Waals surface area (Å²) in [5.74, 6) is -0.876. The molecule has 0 radical (unpaired) electrons. The van der Waals surface area contributed by atoms with E-state index in [0.717, 1.165) is 16.6 Å². The molecule has 1 N–H and O–H groups in total. The first-order valence-corrected chi connectivity index (χ1v) is 9.25. The quantitative estimate of drug-likeness (QED) is 0.781.